The van der Waals surface area contributed by atoms with Crippen molar-refractivity contribution in [2.45, 2.75) is 112 Å². The predicted molar refractivity (Wildman–Crippen MR) is 266 cm³/mol. The van der Waals surface area contributed by atoms with Crippen LogP contribution in [0.5, 0.6) is 5.75 Å². The summed E-state index contributed by atoms with van der Waals surface area (Å²) in [4.78, 5) is 9.78. The van der Waals surface area contributed by atoms with E-state index in [1.54, 1.807) is 50.5 Å². The number of phenols is 1. The van der Waals surface area contributed by atoms with Gasteiger partial charge in [-0.3, -0.25) is 9.55 Å². The van der Waals surface area contributed by atoms with Crippen molar-refractivity contribution < 1.29 is 44.0 Å². The van der Waals surface area contributed by atoms with Crippen LogP contribution in [0.1, 0.15) is 151 Å². The average molecular weight is 1040 g/mol. The first-order chi connectivity index (χ1) is 35.1. The van der Waals surface area contributed by atoms with Crippen molar-refractivity contribution in [2.75, 3.05) is 0 Å². The summed E-state index contributed by atoms with van der Waals surface area (Å²) in [5, 5.41) is 12.3. The van der Waals surface area contributed by atoms with E-state index in [0.29, 0.717) is 55.5 Å². The Hall–Kier alpha value is -5.57. The number of fused-ring (bicyclic) bond motifs is 1. The maximum absolute atomic E-state index is 12.3. The first kappa shape index (κ1) is 32.1. The number of hydrogen-bond acceptors (Lipinski definition) is 3. The number of pyridine rings is 1. The van der Waals surface area contributed by atoms with Gasteiger partial charge in [-0.05, 0) is 116 Å². The molecule has 8 rings (SSSR count). The molecule has 0 amide bonds. The number of aromatic hydroxyl groups is 1. The second-order valence-electron chi connectivity index (χ2n) is 18.4. The fraction of sp³-hybridized carbons (Fsp3) is 0.288. The molecule has 2 heterocycles. The molecule has 0 unspecified atom stereocenters. The Balaban J connectivity index is 0.00000861. The Bertz CT molecular complexity index is 3590. The minimum absolute atomic E-state index is 0. The molecule has 0 aliphatic heterocycles. The first-order valence-corrected chi connectivity index (χ1v) is 21.4. The number of rotatable bonds is 10. The van der Waals surface area contributed by atoms with Crippen LogP contribution in [-0.4, -0.2) is 19.6 Å². The van der Waals surface area contributed by atoms with Gasteiger partial charge in [0.2, 0.25) is 0 Å². The Morgan fingerprint density at radius 1 is 0.703 bits per heavy atom. The third-order valence-corrected chi connectivity index (χ3v) is 11.7. The van der Waals surface area contributed by atoms with E-state index < -0.39 is 78.1 Å². The molecular weight excluding hydrogens is 962 g/mol. The van der Waals surface area contributed by atoms with Crippen LogP contribution in [0.3, 0.4) is 0 Å². The number of phenolic OH excluding ortho intramolecular Hbond substituents is 1. The minimum atomic E-state index is -2.70. The Kier molecular flexibility index (Phi) is 9.29. The Labute approximate surface area is 414 Å². The van der Waals surface area contributed by atoms with Crippen LogP contribution in [0.15, 0.2) is 127 Å². The van der Waals surface area contributed by atoms with Crippen molar-refractivity contribution in [3.63, 3.8) is 0 Å². The largest absolute Gasteiger partial charge is 0.507 e. The minimum Gasteiger partial charge on any atom is -0.507 e. The molecule has 0 aliphatic rings. The zero-order chi connectivity index (χ0) is 56.2. The van der Waals surface area contributed by atoms with E-state index in [1.165, 1.54) is 0 Å². The van der Waals surface area contributed by atoms with Gasteiger partial charge >= 0.3 is 0 Å². The smallest absolute Gasteiger partial charge is 0.148 e. The SMILES string of the molecule is [2H]c1nc(-c2[c-]c(-c3cccc4c3nc(-c3cc(C(C)C)cc(C(C)C)c3O)n4-c3ccc(-c4cc(C([2H])(C)C)cc(C([2H])(C)C)c4)cc3C([2H])([2H])[2H])cc(C(C)(C)C)c2)c([2H])c(-c2c([2H])c([2H])c([2H])c([2H])c2[2H])c1[2H].[Pt]. The third kappa shape index (κ3) is 9.18. The molecule has 5 heteroatoms. The number of nitrogens with zero attached hydrogens (tertiary/aromatic N) is 3. The van der Waals surface area contributed by atoms with E-state index in [1.807, 2.05) is 95.3 Å². The van der Waals surface area contributed by atoms with Gasteiger partial charge in [0, 0.05) is 39.8 Å². The van der Waals surface area contributed by atoms with E-state index in [9.17, 15) is 6.48 Å². The fourth-order valence-corrected chi connectivity index (χ4v) is 7.87. The summed E-state index contributed by atoms with van der Waals surface area (Å²) in [7, 11) is 0. The fourth-order valence-electron chi connectivity index (χ4n) is 7.87. The normalized spacial score (nSPS) is 15.4. The molecular formula is C59H62N3OPt-. The number of aromatic nitrogens is 3. The average Bonchev–Trinajstić information content (AvgIpc) is 3.73. The van der Waals surface area contributed by atoms with Crippen LogP contribution in [-0.2, 0) is 26.5 Å². The molecule has 8 aromatic rings. The summed E-state index contributed by atoms with van der Waals surface area (Å²) >= 11 is 0. The van der Waals surface area contributed by atoms with E-state index in [0.717, 1.165) is 11.1 Å². The van der Waals surface area contributed by atoms with Crippen LogP contribution < -0.4 is 0 Å². The van der Waals surface area contributed by atoms with Crippen molar-refractivity contribution >= 4 is 11.0 Å². The maximum atomic E-state index is 12.3. The van der Waals surface area contributed by atoms with Crippen LogP contribution in [0, 0.1) is 12.9 Å². The monoisotopic (exact) mass is 1040 g/mol. The van der Waals surface area contributed by atoms with Gasteiger partial charge in [-0.1, -0.05) is 166 Å². The van der Waals surface area contributed by atoms with Crippen molar-refractivity contribution in [1.82, 2.24) is 14.5 Å². The number of benzene rings is 6. The van der Waals surface area contributed by atoms with E-state index in [4.69, 9.17) is 21.4 Å². The van der Waals surface area contributed by atoms with Crippen LogP contribution in [0.25, 0.3) is 72.7 Å². The molecule has 0 saturated carbocycles. The number of hydrogen-bond donors (Lipinski definition) is 1. The Morgan fingerprint density at radius 3 is 2.05 bits per heavy atom. The van der Waals surface area contributed by atoms with Crippen molar-refractivity contribution in [2.24, 2.45) is 0 Å². The molecule has 4 nitrogen and oxygen atoms in total. The third-order valence-electron chi connectivity index (χ3n) is 11.7. The molecule has 2 aromatic heterocycles. The second kappa shape index (κ2) is 18.5. The van der Waals surface area contributed by atoms with E-state index in [2.05, 4.69) is 24.9 Å². The molecule has 64 heavy (non-hydrogen) atoms. The molecule has 1 N–H and O–H groups in total. The quantitative estimate of drug-likeness (QED) is 0.139. The van der Waals surface area contributed by atoms with E-state index in [-0.39, 0.29) is 72.5 Å². The van der Waals surface area contributed by atoms with Gasteiger partial charge < -0.3 is 5.11 Å². The van der Waals surface area contributed by atoms with Gasteiger partial charge in [0.15, 0.2) is 0 Å². The molecule has 0 bridgehead atoms. The second-order valence-corrected chi connectivity index (χ2v) is 18.4. The van der Waals surface area contributed by atoms with Crippen LogP contribution in [0.2, 0.25) is 0 Å². The van der Waals surface area contributed by atoms with Crippen molar-refractivity contribution in [3.8, 4) is 67.5 Å². The van der Waals surface area contributed by atoms with Crippen molar-refractivity contribution in [1.29, 1.82) is 0 Å². The van der Waals surface area contributed by atoms with Gasteiger partial charge in [0.25, 0.3) is 0 Å². The standard InChI is InChI=1S/C59H62N3O.Pt/c1-35(2)43-26-44(36(3)4)28-46(27-43)41-21-22-54(39(9)25-41)62-55-20-16-19-50(56(55)61-58(62)52-33-45(37(5)6)32-51(38(7)8)57(52)63)47-29-48(31-49(30-47)59(10,11)12)53-34-42(23-24-60-53)40-17-14-13-15-18-40;/h13-28,30-38,63H,1-12H3;/q-1;/i9D3,13D,14D,15D,17D,18D,23D,24D,34D,35D,36D;. The zero-order valence-corrected chi connectivity index (χ0v) is 40.5. The van der Waals surface area contributed by atoms with Gasteiger partial charge in [-0.2, -0.15) is 0 Å². The summed E-state index contributed by atoms with van der Waals surface area (Å²) in [6, 6.07) is 23.0. The summed E-state index contributed by atoms with van der Waals surface area (Å²) < 4.78 is 116. The summed E-state index contributed by atoms with van der Waals surface area (Å²) in [6.45, 7) is 18.4. The van der Waals surface area contributed by atoms with Crippen LogP contribution >= 0.6 is 0 Å². The zero-order valence-electron chi connectivity index (χ0n) is 51.3. The summed E-state index contributed by atoms with van der Waals surface area (Å²) in [5.74, 6) is -1.88. The molecule has 0 atom stereocenters. The topological polar surface area (TPSA) is 50.9 Å². The number of imidazole rings is 1. The van der Waals surface area contributed by atoms with Gasteiger partial charge in [-0.25, -0.2) is 4.98 Å². The van der Waals surface area contributed by atoms with E-state index >= 15 is 0 Å². The van der Waals surface area contributed by atoms with Crippen LogP contribution in [0.4, 0.5) is 0 Å². The van der Waals surface area contributed by atoms with Gasteiger partial charge in [0.1, 0.15) is 11.6 Å². The first-order valence-electron chi connectivity index (χ1n) is 27.9. The molecule has 0 aliphatic carbocycles. The predicted octanol–water partition coefficient (Wildman–Crippen LogP) is 16.4. The molecule has 0 radical (unpaired) electrons. The maximum Gasteiger partial charge on any atom is 0.148 e. The van der Waals surface area contributed by atoms with Crippen molar-refractivity contribution in [3.05, 3.63) is 167 Å². The molecule has 330 valence electrons. The Morgan fingerprint density at radius 2 is 1.41 bits per heavy atom. The van der Waals surface area contributed by atoms with Gasteiger partial charge in [-0.15, -0.1) is 29.3 Å². The molecule has 0 fully saturated rings. The molecule has 6 aromatic carbocycles. The number of aryl methyl sites for hydroxylation is 1. The molecule has 0 saturated heterocycles. The summed E-state index contributed by atoms with van der Waals surface area (Å²) in [6.07, 6.45) is -0.580. The van der Waals surface area contributed by atoms with Gasteiger partial charge in [0.05, 0.1) is 33.3 Å². The number of para-hydroxylation sites is 1. The summed E-state index contributed by atoms with van der Waals surface area (Å²) in [5.41, 5.74) is 6.26. The molecule has 0 spiro atoms.